The highest BCUT2D eigenvalue weighted by molar-refractivity contribution is 6.29. The van der Waals surface area contributed by atoms with Gasteiger partial charge in [-0.25, -0.2) is 8.78 Å². The Kier molecular flexibility index (Phi) is 5.52. The first-order valence-corrected chi connectivity index (χ1v) is 16.9. The monoisotopic (exact) mass is 641 g/mol. The molecule has 11 rings (SSSR count). The van der Waals surface area contributed by atoms with Crippen LogP contribution in [-0.4, -0.2) is 4.98 Å². The maximum atomic E-state index is 15.9. The molecule has 0 radical (unpaired) electrons. The molecule has 1 aromatic heterocycles. The van der Waals surface area contributed by atoms with Crippen molar-refractivity contribution in [2.24, 2.45) is 0 Å². The van der Waals surface area contributed by atoms with Crippen LogP contribution in [0.3, 0.4) is 0 Å². The highest BCUT2D eigenvalue weighted by Gasteiger charge is 2.33. The maximum Gasteiger partial charge on any atom is 0.134 e. The molecule has 2 aliphatic rings. The van der Waals surface area contributed by atoms with Crippen molar-refractivity contribution in [2.75, 3.05) is 0 Å². The fraction of sp³-hybridized carbons (Fsp3) is 0. The van der Waals surface area contributed by atoms with E-state index in [-0.39, 0.29) is 0 Å². The van der Waals surface area contributed by atoms with Crippen molar-refractivity contribution < 1.29 is 8.78 Å². The number of hydrogen-bond donors (Lipinski definition) is 0. The van der Waals surface area contributed by atoms with Crippen LogP contribution in [0.15, 0.2) is 152 Å². The largest absolute Gasteiger partial charge is 0.256 e. The van der Waals surface area contributed by atoms with Crippen LogP contribution in [0.4, 0.5) is 8.78 Å². The van der Waals surface area contributed by atoms with E-state index < -0.39 is 11.6 Å². The van der Waals surface area contributed by atoms with Crippen LogP contribution in [0.1, 0.15) is 0 Å². The van der Waals surface area contributed by atoms with E-state index in [4.69, 9.17) is 4.98 Å². The second kappa shape index (κ2) is 10.0. The minimum Gasteiger partial charge on any atom is -0.256 e. The summed E-state index contributed by atoms with van der Waals surface area (Å²) in [5, 5.41) is 5.52. The van der Waals surface area contributed by atoms with Gasteiger partial charge in [-0.1, -0.05) is 127 Å². The Morgan fingerprint density at radius 1 is 0.360 bits per heavy atom. The molecule has 8 aromatic carbocycles. The van der Waals surface area contributed by atoms with Crippen molar-refractivity contribution in [1.82, 2.24) is 4.98 Å². The molecular weight excluding hydrogens is 617 g/mol. The number of nitrogens with zero attached hydrogens (tertiary/aromatic N) is 1. The van der Waals surface area contributed by atoms with Gasteiger partial charge in [-0.3, -0.25) is 4.98 Å². The SMILES string of the molecule is Fc1cc(F)c2c(c1)-c1cccc3ncc(-c4ccc5c6c(cccc46)-c4c-5c(-c5ccccc5)c5ccccc5c4-c4ccccc4)c-2c13. The second-order valence-corrected chi connectivity index (χ2v) is 13.2. The molecule has 232 valence electrons. The van der Waals surface area contributed by atoms with Gasteiger partial charge in [0.25, 0.3) is 0 Å². The van der Waals surface area contributed by atoms with Crippen LogP contribution in [0.2, 0.25) is 0 Å². The zero-order valence-electron chi connectivity index (χ0n) is 26.6. The van der Waals surface area contributed by atoms with E-state index in [0.29, 0.717) is 11.1 Å². The first kappa shape index (κ1) is 27.5. The molecule has 50 heavy (non-hydrogen) atoms. The lowest BCUT2D eigenvalue weighted by Gasteiger charge is -2.20. The summed E-state index contributed by atoms with van der Waals surface area (Å²) in [5.74, 6) is -1.14. The molecule has 2 aliphatic carbocycles. The lowest BCUT2D eigenvalue weighted by Crippen LogP contribution is -1.93. The van der Waals surface area contributed by atoms with Gasteiger partial charge in [-0.05, 0) is 94.9 Å². The summed E-state index contributed by atoms with van der Waals surface area (Å²) in [6.45, 7) is 0. The Morgan fingerprint density at radius 2 is 0.940 bits per heavy atom. The van der Waals surface area contributed by atoms with E-state index in [9.17, 15) is 4.39 Å². The first-order chi connectivity index (χ1) is 24.7. The van der Waals surface area contributed by atoms with Gasteiger partial charge in [-0.2, -0.15) is 0 Å². The summed E-state index contributed by atoms with van der Waals surface area (Å²) in [6, 6.07) is 49.3. The minimum absolute atomic E-state index is 0.436. The first-order valence-electron chi connectivity index (χ1n) is 16.9. The van der Waals surface area contributed by atoms with E-state index in [0.717, 1.165) is 44.6 Å². The normalized spacial score (nSPS) is 12.2. The summed E-state index contributed by atoms with van der Waals surface area (Å²) in [5.41, 5.74) is 14.7. The van der Waals surface area contributed by atoms with E-state index in [1.54, 1.807) is 0 Å². The summed E-state index contributed by atoms with van der Waals surface area (Å²) >= 11 is 0. The van der Waals surface area contributed by atoms with Crippen molar-refractivity contribution in [3.05, 3.63) is 163 Å². The molecule has 0 bridgehead atoms. The van der Waals surface area contributed by atoms with Crippen LogP contribution in [0.25, 0.3) is 110 Å². The van der Waals surface area contributed by atoms with E-state index in [1.165, 1.54) is 66.7 Å². The lowest BCUT2D eigenvalue weighted by atomic mass is 9.82. The number of halogens is 2. The van der Waals surface area contributed by atoms with E-state index >= 15 is 4.39 Å². The third-order valence-corrected chi connectivity index (χ3v) is 10.7. The zero-order valence-corrected chi connectivity index (χ0v) is 26.6. The van der Waals surface area contributed by atoms with E-state index in [1.807, 2.05) is 24.4 Å². The molecule has 9 aromatic rings. The van der Waals surface area contributed by atoms with Gasteiger partial charge in [0.05, 0.1) is 5.52 Å². The Labute approximate surface area is 286 Å². The summed E-state index contributed by atoms with van der Waals surface area (Å²) in [4.78, 5) is 4.89. The smallest absolute Gasteiger partial charge is 0.134 e. The summed E-state index contributed by atoms with van der Waals surface area (Å²) in [6.07, 6.45) is 1.87. The molecule has 3 heteroatoms. The lowest BCUT2D eigenvalue weighted by molar-refractivity contribution is 0.587. The van der Waals surface area contributed by atoms with Crippen molar-refractivity contribution in [3.8, 4) is 77.9 Å². The Hall–Kier alpha value is -6.45. The third kappa shape index (κ3) is 3.56. The number of rotatable bonds is 3. The van der Waals surface area contributed by atoms with Crippen LogP contribution < -0.4 is 0 Å². The minimum atomic E-state index is -0.584. The van der Waals surface area contributed by atoms with Gasteiger partial charge in [0, 0.05) is 34.3 Å². The molecule has 0 spiro atoms. The molecule has 0 atom stereocenters. The highest BCUT2D eigenvalue weighted by Crippen LogP contribution is 2.59. The number of hydrogen-bond acceptors (Lipinski definition) is 1. The van der Waals surface area contributed by atoms with Crippen molar-refractivity contribution >= 4 is 32.4 Å². The zero-order chi connectivity index (χ0) is 33.1. The molecular formula is C47H25F2N. The van der Waals surface area contributed by atoms with Crippen molar-refractivity contribution in [3.63, 3.8) is 0 Å². The summed E-state index contributed by atoms with van der Waals surface area (Å²) in [7, 11) is 0. The molecule has 0 aliphatic heterocycles. The highest BCUT2D eigenvalue weighted by atomic mass is 19.1. The van der Waals surface area contributed by atoms with Crippen LogP contribution in [0, 0.1) is 11.6 Å². The Balaban J connectivity index is 1.28. The summed E-state index contributed by atoms with van der Waals surface area (Å²) < 4.78 is 30.5. The van der Waals surface area contributed by atoms with Crippen LogP contribution in [-0.2, 0) is 0 Å². The fourth-order valence-corrected chi connectivity index (χ4v) is 8.82. The Morgan fingerprint density at radius 3 is 1.64 bits per heavy atom. The molecule has 1 heterocycles. The van der Waals surface area contributed by atoms with Gasteiger partial charge in [0.15, 0.2) is 0 Å². The van der Waals surface area contributed by atoms with Crippen molar-refractivity contribution in [2.45, 2.75) is 0 Å². The number of aromatic nitrogens is 1. The number of benzene rings is 8. The van der Waals surface area contributed by atoms with Crippen LogP contribution >= 0.6 is 0 Å². The topological polar surface area (TPSA) is 12.9 Å². The molecule has 0 saturated heterocycles. The van der Waals surface area contributed by atoms with E-state index in [2.05, 4.69) is 115 Å². The molecule has 0 saturated carbocycles. The standard InChI is InChI=1S/C47H25F2N/c48-28-23-36-33-18-10-20-39-44(33)47(43(36)38(49)24-28)37(25-50-39)29-21-22-35-42-30(29)17-9-19-34(42)45-40(26-11-3-1-4-12-26)31-15-7-8-16-32(31)41(46(35)45)27-13-5-2-6-14-27/h1-25H. The van der Waals surface area contributed by atoms with Crippen LogP contribution in [0.5, 0.6) is 0 Å². The number of fused-ring (bicyclic) bond motifs is 7. The molecule has 0 fully saturated rings. The molecule has 0 N–H and O–H groups in total. The molecule has 1 nitrogen and oxygen atoms in total. The molecule has 0 amide bonds. The van der Waals surface area contributed by atoms with Gasteiger partial charge in [0.1, 0.15) is 11.6 Å². The van der Waals surface area contributed by atoms with Gasteiger partial charge < -0.3 is 0 Å². The average molecular weight is 642 g/mol. The Bertz CT molecular complexity index is 2840. The fourth-order valence-electron chi connectivity index (χ4n) is 8.82. The quantitative estimate of drug-likeness (QED) is 0.187. The van der Waals surface area contributed by atoms with Gasteiger partial charge in [-0.15, -0.1) is 0 Å². The predicted molar refractivity (Wildman–Crippen MR) is 202 cm³/mol. The second-order valence-electron chi connectivity index (χ2n) is 13.2. The third-order valence-electron chi connectivity index (χ3n) is 10.7. The van der Waals surface area contributed by atoms with Crippen molar-refractivity contribution in [1.29, 1.82) is 0 Å². The number of pyridine rings is 1. The van der Waals surface area contributed by atoms with Gasteiger partial charge >= 0.3 is 0 Å². The maximum absolute atomic E-state index is 15.9. The molecule has 0 unspecified atom stereocenters. The van der Waals surface area contributed by atoms with Gasteiger partial charge in [0.2, 0.25) is 0 Å². The predicted octanol–water partition coefficient (Wildman–Crippen LogP) is 13.1. The average Bonchev–Trinajstić information content (AvgIpc) is 3.67.